The van der Waals surface area contributed by atoms with Crippen LogP contribution in [0.2, 0.25) is 0 Å². The topological polar surface area (TPSA) is 9.23 Å². The molecule has 84 valence electrons. The number of allylic oxidation sites excluding steroid dienone is 1. The van der Waals surface area contributed by atoms with E-state index in [9.17, 15) is 26.3 Å². The molecule has 0 heterocycles. The smallest absolute Gasteiger partial charge is 0.427 e. The Kier molecular flexibility index (Phi) is 4.79. The predicted octanol–water partition coefficient (Wildman–Crippen LogP) is 3.77. The number of halogens is 6. The van der Waals surface area contributed by atoms with Crippen LogP contribution in [0.4, 0.5) is 26.3 Å². The number of alkyl halides is 4. The van der Waals surface area contributed by atoms with Crippen molar-refractivity contribution in [1.29, 1.82) is 0 Å². The second-order valence-electron chi connectivity index (χ2n) is 2.40. The molecule has 0 unspecified atom stereocenters. The summed E-state index contributed by atoms with van der Waals surface area (Å²) in [7, 11) is 0. The number of rotatable bonds is 5. The molecule has 0 aromatic heterocycles. The van der Waals surface area contributed by atoms with Gasteiger partial charge in [0.25, 0.3) is 0 Å². The van der Waals surface area contributed by atoms with Crippen molar-refractivity contribution < 1.29 is 31.1 Å². The summed E-state index contributed by atoms with van der Waals surface area (Å²) >= 11 is 0. The van der Waals surface area contributed by atoms with E-state index in [0.29, 0.717) is 0 Å². The summed E-state index contributed by atoms with van der Waals surface area (Å²) in [5.74, 6) is -1.39. The molecule has 0 aromatic carbocycles. The highest BCUT2D eigenvalue weighted by Gasteiger charge is 2.45. The van der Waals surface area contributed by atoms with Gasteiger partial charge in [-0.05, 0) is 6.42 Å². The Morgan fingerprint density at radius 2 is 1.79 bits per heavy atom. The van der Waals surface area contributed by atoms with Gasteiger partial charge in [-0.15, -0.1) is 0 Å². The Morgan fingerprint density at radius 1 is 1.29 bits per heavy atom. The van der Waals surface area contributed by atoms with Gasteiger partial charge in [-0.3, -0.25) is 0 Å². The van der Waals surface area contributed by atoms with Crippen molar-refractivity contribution in [1.82, 2.24) is 0 Å². The Labute approximate surface area is 76.3 Å². The molecular weight excluding hydrogens is 214 g/mol. The first-order valence-electron chi connectivity index (χ1n) is 3.70. The summed E-state index contributed by atoms with van der Waals surface area (Å²) in [5, 5.41) is 0. The molecule has 0 saturated heterocycles. The Bertz CT molecular complexity index is 208. The van der Waals surface area contributed by atoms with Gasteiger partial charge in [-0.1, -0.05) is 6.92 Å². The van der Waals surface area contributed by atoms with Crippen LogP contribution in [0.1, 0.15) is 19.8 Å². The zero-order chi connectivity index (χ0) is 11.4. The first-order valence-corrected chi connectivity index (χ1v) is 3.70. The Hall–Kier alpha value is -0.880. The third-order valence-corrected chi connectivity index (χ3v) is 1.20. The lowest BCUT2D eigenvalue weighted by Gasteiger charge is -2.17. The Morgan fingerprint density at radius 3 is 2.07 bits per heavy atom. The van der Waals surface area contributed by atoms with Crippen LogP contribution in [0.25, 0.3) is 0 Å². The van der Waals surface area contributed by atoms with Gasteiger partial charge in [0.15, 0.2) is 5.76 Å². The van der Waals surface area contributed by atoms with Gasteiger partial charge in [-0.2, -0.15) is 26.3 Å². The summed E-state index contributed by atoms with van der Waals surface area (Å²) in [6.45, 7) is 1.42. The molecule has 0 fully saturated rings. The zero-order valence-corrected chi connectivity index (χ0v) is 7.17. The minimum absolute atomic E-state index is 0.0893. The first kappa shape index (κ1) is 13.1. The fourth-order valence-corrected chi connectivity index (χ4v) is 0.620. The maximum Gasteiger partial charge on any atom is 0.461 e. The van der Waals surface area contributed by atoms with Crippen molar-refractivity contribution in [3.05, 3.63) is 11.8 Å². The molecule has 0 radical (unpaired) electrons. The van der Waals surface area contributed by atoms with Crippen LogP contribution in [0, 0.1) is 0 Å². The standard InChI is InChI=1S/C7H8F6O/c1-2-3-4(5(8)9)14-7(12,13)6(10)11/h6H,2-3H2,1H3. The third kappa shape index (κ3) is 3.89. The van der Waals surface area contributed by atoms with Gasteiger partial charge >= 0.3 is 18.6 Å². The first-order chi connectivity index (χ1) is 6.31. The SMILES string of the molecule is CCCC(OC(F)(F)C(F)F)=C(F)F. The van der Waals surface area contributed by atoms with Gasteiger partial charge in [0, 0.05) is 6.42 Å². The van der Waals surface area contributed by atoms with Crippen LogP contribution in [0.15, 0.2) is 11.8 Å². The van der Waals surface area contributed by atoms with Crippen molar-refractivity contribution in [2.45, 2.75) is 32.3 Å². The second-order valence-corrected chi connectivity index (χ2v) is 2.40. The normalized spacial score (nSPS) is 11.7. The van der Waals surface area contributed by atoms with Crippen molar-refractivity contribution in [3.63, 3.8) is 0 Å². The summed E-state index contributed by atoms with van der Waals surface area (Å²) in [6, 6.07) is 0. The Balaban J connectivity index is 4.54. The van der Waals surface area contributed by atoms with Crippen molar-refractivity contribution in [3.8, 4) is 0 Å². The predicted molar refractivity (Wildman–Crippen MR) is 36.2 cm³/mol. The summed E-state index contributed by atoms with van der Waals surface area (Å²) < 4.78 is 74.3. The largest absolute Gasteiger partial charge is 0.461 e. The molecule has 0 amide bonds. The van der Waals surface area contributed by atoms with Crippen molar-refractivity contribution >= 4 is 0 Å². The highest BCUT2D eigenvalue weighted by Crippen LogP contribution is 2.30. The third-order valence-electron chi connectivity index (χ3n) is 1.20. The van der Waals surface area contributed by atoms with E-state index in [1.165, 1.54) is 6.92 Å². The molecule has 0 rings (SSSR count). The van der Waals surface area contributed by atoms with E-state index in [1.54, 1.807) is 0 Å². The molecule has 0 N–H and O–H groups in total. The van der Waals surface area contributed by atoms with E-state index < -0.39 is 30.8 Å². The summed E-state index contributed by atoms with van der Waals surface area (Å²) in [5.41, 5.74) is 0. The van der Waals surface area contributed by atoms with E-state index in [2.05, 4.69) is 4.74 Å². The fraction of sp³-hybridized carbons (Fsp3) is 0.714. The van der Waals surface area contributed by atoms with E-state index in [4.69, 9.17) is 0 Å². The van der Waals surface area contributed by atoms with Gasteiger partial charge in [-0.25, -0.2) is 0 Å². The molecule has 0 aromatic rings. The number of ether oxygens (including phenoxy) is 1. The quantitative estimate of drug-likeness (QED) is 0.508. The van der Waals surface area contributed by atoms with Crippen LogP contribution in [-0.4, -0.2) is 12.5 Å². The molecule has 0 saturated carbocycles. The average molecular weight is 222 g/mol. The van der Waals surface area contributed by atoms with Crippen LogP contribution in [0.3, 0.4) is 0 Å². The van der Waals surface area contributed by atoms with Crippen LogP contribution < -0.4 is 0 Å². The molecule has 0 aliphatic heterocycles. The molecule has 14 heavy (non-hydrogen) atoms. The maximum atomic E-state index is 12.1. The van der Waals surface area contributed by atoms with Crippen molar-refractivity contribution in [2.75, 3.05) is 0 Å². The lowest BCUT2D eigenvalue weighted by molar-refractivity contribution is -0.284. The molecule has 1 nitrogen and oxygen atoms in total. The van der Waals surface area contributed by atoms with Crippen molar-refractivity contribution in [2.24, 2.45) is 0 Å². The van der Waals surface area contributed by atoms with Crippen LogP contribution in [0.5, 0.6) is 0 Å². The van der Waals surface area contributed by atoms with Gasteiger partial charge in [0.2, 0.25) is 0 Å². The van der Waals surface area contributed by atoms with Gasteiger partial charge in [0.05, 0.1) is 0 Å². The highest BCUT2D eigenvalue weighted by atomic mass is 19.3. The molecule has 0 aliphatic carbocycles. The minimum atomic E-state index is -4.87. The monoisotopic (exact) mass is 222 g/mol. The molecule has 0 bridgehead atoms. The lowest BCUT2D eigenvalue weighted by Crippen LogP contribution is -2.30. The number of hydrogen-bond acceptors (Lipinski definition) is 1. The highest BCUT2D eigenvalue weighted by molar-refractivity contribution is 4.94. The summed E-state index contributed by atoms with van der Waals surface area (Å²) in [6.07, 6.45) is -11.9. The molecule has 0 spiro atoms. The molecular formula is C7H8F6O. The van der Waals surface area contributed by atoms with Gasteiger partial charge < -0.3 is 4.74 Å². The van der Waals surface area contributed by atoms with E-state index in [-0.39, 0.29) is 6.42 Å². The average Bonchev–Trinajstić information content (AvgIpc) is 2.02. The molecule has 0 atom stereocenters. The zero-order valence-electron chi connectivity index (χ0n) is 7.17. The van der Waals surface area contributed by atoms with E-state index in [0.717, 1.165) is 0 Å². The maximum absolute atomic E-state index is 12.1. The minimum Gasteiger partial charge on any atom is -0.427 e. The van der Waals surface area contributed by atoms with Crippen LogP contribution >= 0.6 is 0 Å². The van der Waals surface area contributed by atoms with Gasteiger partial charge in [0.1, 0.15) is 0 Å². The molecule has 0 aliphatic rings. The van der Waals surface area contributed by atoms with E-state index in [1.807, 2.05) is 0 Å². The fourth-order valence-electron chi connectivity index (χ4n) is 0.620. The van der Waals surface area contributed by atoms with E-state index >= 15 is 0 Å². The molecule has 7 heteroatoms. The summed E-state index contributed by atoms with van der Waals surface area (Å²) in [4.78, 5) is 0. The second kappa shape index (κ2) is 5.11. The van der Waals surface area contributed by atoms with Crippen LogP contribution in [-0.2, 0) is 4.74 Å². The lowest BCUT2D eigenvalue weighted by atomic mass is 10.3. The number of hydrogen-bond donors (Lipinski definition) is 0.